The molecule has 0 saturated carbocycles. The van der Waals surface area contributed by atoms with Crippen molar-refractivity contribution in [1.29, 1.82) is 0 Å². The van der Waals surface area contributed by atoms with E-state index < -0.39 is 17.1 Å². The van der Waals surface area contributed by atoms with Crippen molar-refractivity contribution in [2.24, 2.45) is 0 Å². The number of nitrogens with one attached hydrogen (secondary N) is 1. The van der Waals surface area contributed by atoms with Gasteiger partial charge in [-0.1, -0.05) is 41.9 Å². The van der Waals surface area contributed by atoms with Gasteiger partial charge in [0.1, 0.15) is 12.3 Å². The minimum absolute atomic E-state index is 0.276. The lowest BCUT2D eigenvalue weighted by Crippen LogP contribution is -2.36. The fourth-order valence-electron chi connectivity index (χ4n) is 4.23. The third-order valence-corrected chi connectivity index (χ3v) is 7.16. The Hall–Kier alpha value is -4.01. The van der Waals surface area contributed by atoms with Crippen LogP contribution in [0.15, 0.2) is 83.9 Å². The molecule has 1 aromatic heterocycles. The first-order chi connectivity index (χ1) is 18.4. The highest BCUT2D eigenvalue weighted by atomic mass is 35.5. The molecule has 3 aromatic carbocycles. The normalized spacial score (nSPS) is 14.5. The molecule has 4 aromatic rings. The van der Waals surface area contributed by atoms with Crippen LogP contribution in [0.1, 0.15) is 18.1 Å². The molecule has 0 atom stereocenters. The number of nitrogens with zero attached hydrogens (tertiary/aromatic N) is 2. The number of anilines is 1. The van der Waals surface area contributed by atoms with E-state index in [0.717, 1.165) is 38.7 Å². The molecule has 38 heavy (non-hydrogen) atoms. The quantitative estimate of drug-likeness (QED) is 0.258. The predicted octanol–water partition coefficient (Wildman–Crippen LogP) is 6.42. The van der Waals surface area contributed by atoms with Crippen molar-refractivity contribution >= 4 is 63.1 Å². The topological polar surface area (TPSA) is 80.6 Å². The van der Waals surface area contributed by atoms with Crippen LogP contribution in [-0.4, -0.2) is 39.7 Å². The number of carbonyl (C=O) groups excluding carboxylic acids is 3. The zero-order valence-corrected chi connectivity index (χ0v) is 22.1. The van der Waals surface area contributed by atoms with Gasteiger partial charge in [-0.25, -0.2) is 0 Å². The Balaban J connectivity index is 1.32. The molecule has 9 heteroatoms. The van der Waals surface area contributed by atoms with Crippen LogP contribution in [0.2, 0.25) is 5.02 Å². The molecule has 1 aliphatic heterocycles. The Morgan fingerprint density at radius 1 is 1.03 bits per heavy atom. The summed E-state index contributed by atoms with van der Waals surface area (Å²) >= 11 is 6.86. The predicted molar refractivity (Wildman–Crippen MR) is 151 cm³/mol. The van der Waals surface area contributed by atoms with Crippen LogP contribution in [0.5, 0.6) is 5.75 Å². The van der Waals surface area contributed by atoms with Crippen molar-refractivity contribution in [2.45, 2.75) is 13.5 Å². The van der Waals surface area contributed by atoms with Crippen LogP contribution < -0.4 is 10.1 Å². The number of thioether (sulfide) groups is 1. The molecule has 7 nitrogen and oxygen atoms in total. The molecule has 1 saturated heterocycles. The monoisotopic (exact) mass is 545 g/mol. The smallest absolute Gasteiger partial charge is 0.294 e. The van der Waals surface area contributed by atoms with E-state index in [9.17, 15) is 14.4 Å². The highest BCUT2D eigenvalue weighted by Crippen LogP contribution is 2.34. The summed E-state index contributed by atoms with van der Waals surface area (Å²) in [6.45, 7) is 2.69. The number of imide groups is 1. The molecular formula is C29H24ClN3O4S. The molecular weight excluding hydrogens is 522 g/mol. The van der Waals surface area contributed by atoms with Gasteiger partial charge in [0.2, 0.25) is 5.91 Å². The molecule has 2 heterocycles. The number of ether oxygens (including phenoxy) is 1. The van der Waals surface area contributed by atoms with E-state index >= 15 is 0 Å². The second-order valence-corrected chi connectivity index (χ2v) is 10.1. The Labute approximate surface area is 229 Å². The van der Waals surface area contributed by atoms with Crippen molar-refractivity contribution < 1.29 is 19.1 Å². The van der Waals surface area contributed by atoms with E-state index in [-0.39, 0.29) is 11.4 Å². The average Bonchev–Trinajstić information content (AvgIpc) is 3.38. The van der Waals surface area contributed by atoms with Gasteiger partial charge >= 0.3 is 0 Å². The minimum Gasteiger partial charge on any atom is -0.494 e. The number of rotatable bonds is 8. The van der Waals surface area contributed by atoms with Gasteiger partial charge < -0.3 is 14.6 Å². The van der Waals surface area contributed by atoms with Crippen LogP contribution in [0.3, 0.4) is 0 Å². The number of benzene rings is 3. The second-order valence-electron chi connectivity index (χ2n) is 8.63. The van der Waals surface area contributed by atoms with Gasteiger partial charge in [-0.2, -0.15) is 0 Å². The summed E-state index contributed by atoms with van der Waals surface area (Å²) in [5.41, 5.74) is 3.46. The maximum Gasteiger partial charge on any atom is 0.294 e. The second kappa shape index (κ2) is 11.2. The molecule has 1 fully saturated rings. The minimum atomic E-state index is -0.489. The number of carbonyl (C=O) groups is 3. The van der Waals surface area contributed by atoms with Crippen molar-refractivity contribution in [3.8, 4) is 5.75 Å². The zero-order chi connectivity index (χ0) is 26.6. The lowest BCUT2D eigenvalue weighted by Gasteiger charge is -2.12. The molecule has 0 unspecified atom stereocenters. The summed E-state index contributed by atoms with van der Waals surface area (Å²) in [6, 6.07) is 22.4. The van der Waals surface area contributed by atoms with E-state index in [1.807, 2.05) is 61.7 Å². The van der Waals surface area contributed by atoms with Crippen molar-refractivity contribution in [2.75, 3.05) is 18.5 Å². The SMILES string of the molecule is CCOc1ccc(NC(=O)CN2C(=O)S/C(=C/c3cn(Cc4ccc(Cl)cc4)c4ccccc34)C2=O)cc1. The lowest BCUT2D eigenvalue weighted by molar-refractivity contribution is -0.127. The number of hydrogen-bond donors (Lipinski definition) is 1. The number of para-hydroxylation sites is 1. The highest BCUT2D eigenvalue weighted by Gasteiger charge is 2.36. The summed E-state index contributed by atoms with van der Waals surface area (Å²) in [5, 5.41) is 3.87. The van der Waals surface area contributed by atoms with E-state index in [0.29, 0.717) is 29.6 Å². The van der Waals surface area contributed by atoms with Crippen LogP contribution >= 0.6 is 23.4 Å². The zero-order valence-electron chi connectivity index (χ0n) is 20.5. The van der Waals surface area contributed by atoms with Crippen LogP contribution in [0.4, 0.5) is 10.5 Å². The number of amides is 3. The van der Waals surface area contributed by atoms with Crippen molar-refractivity contribution in [3.05, 3.63) is 100 Å². The fraction of sp³-hybridized carbons (Fsp3) is 0.138. The Morgan fingerprint density at radius 3 is 2.50 bits per heavy atom. The average molecular weight is 546 g/mol. The molecule has 0 spiro atoms. The van der Waals surface area contributed by atoms with Gasteiger partial charge in [0, 0.05) is 39.9 Å². The van der Waals surface area contributed by atoms with E-state index in [1.165, 1.54) is 0 Å². The summed E-state index contributed by atoms with van der Waals surface area (Å²) in [6.07, 6.45) is 3.68. The summed E-state index contributed by atoms with van der Waals surface area (Å²) < 4.78 is 7.49. The van der Waals surface area contributed by atoms with E-state index in [1.54, 1.807) is 30.3 Å². The van der Waals surface area contributed by atoms with Gasteiger partial charge in [-0.15, -0.1) is 0 Å². The standard InChI is InChI=1S/C29H24ClN3O4S/c1-2-37-23-13-11-22(12-14-23)31-27(34)18-33-28(35)26(38-29(33)36)15-20-17-32(25-6-4-3-5-24(20)25)16-19-7-9-21(30)10-8-19/h3-15,17H,2,16,18H2,1H3,(H,31,34)/b26-15+. The number of hydrogen-bond acceptors (Lipinski definition) is 5. The first-order valence-electron chi connectivity index (χ1n) is 12.0. The van der Waals surface area contributed by atoms with Crippen molar-refractivity contribution in [3.63, 3.8) is 0 Å². The Morgan fingerprint density at radius 2 is 1.76 bits per heavy atom. The summed E-state index contributed by atoms with van der Waals surface area (Å²) in [4.78, 5) is 39.6. The molecule has 0 bridgehead atoms. The van der Waals surface area contributed by atoms with Gasteiger partial charge in [0.05, 0.1) is 11.5 Å². The third-order valence-electron chi connectivity index (χ3n) is 6.00. The summed E-state index contributed by atoms with van der Waals surface area (Å²) in [5.74, 6) is -0.259. The molecule has 5 rings (SSSR count). The molecule has 1 aliphatic rings. The van der Waals surface area contributed by atoms with Gasteiger partial charge in [0.25, 0.3) is 11.1 Å². The first kappa shape index (κ1) is 25.6. The van der Waals surface area contributed by atoms with E-state index in [2.05, 4.69) is 9.88 Å². The summed E-state index contributed by atoms with van der Waals surface area (Å²) in [7, 11) is 0. The largest absolute Gasteiger partial charge is 0.494 e. The fourth-order valence-corrected chi connectivity index (χ4v) is 5.19. The molecule has 1 N–H and O–H groups in total. The number of aromatic nitrogens is 1. The Kier molecular flexibility index (Phi) is 7.53. The maximum absolute atomic E-state index is 13.1. The van der Waals surface area contributed by atoms with Gasteiger partial charge in [-0.3, -0.25) is 19.3 Å². The Bertz CT molecular complexity index is 1540. The number of fused-ring (bicyclic) bond motifs is 1. The number of halogens is 1. The van der Waals surface area contributed by atoms with Crippen LogP contribution in [0.25, 0.3) is 17.0 Å². The highest BCUT2D eigenvalue weighted by molar-refractivity contribution is 8.18. The van der Waals surface area contributed by atoms with Crippen molar-refractivity contribution in [1.82, 2.24) is 9.47 Å². The van der Waals surface area contributed by atoms with Gasteiger partial charge in [-0.05, 0) is 72.8 Å². The molecule has 192 valence electrons. The van der Waals surface area contributed by atoms with E-state index in [4.69, 9.17) is 16.3 Å². The van der Waals surface area contributed by atoms with Crippen LogP contribution in [-0.2, 0) is 16.1 Å². The molecule has 3 amide bonds. The molecule has 0 aliphatic carbocycles. The lowest BCUT2D eigenvalue weighted by atomic mass is 10.1. The maximum atomic E-state index is 13.1. The molecule has 0 radical (unpaired) electrons. The first-order valence-corrected chi connectivity index (χ1v) is 13.2. The third kappa shape index (κ3) is 5.61. The van der Waals surface area contributed by atoms with Gasteiger partial charge in [0.15, 0.2) is 0 Å². The van der Waals surface area contributed by atoms with Crippen LogP contribution in [0, 0.1) is 0 Å².